The van der Waals surface area contributed by atoms with Crippen LogP contribution in [0.2, 0.25) is 0 Å². The Morgan fingerprint density at radius 1 is 1.53 bits per heavy atom. The van der Waals surface area contributed by atoms with Crippen molar-refractivity contribution in [1.82, 2.24) is 0 Å². The molecule has 2 N–H and O–H groups in total. The van der Waals surface area contributed by atoms with Crippen LogP contribution in [0.3, 0.4) is 0 Å². The summed E-state index contributed by atoms with van der Waals surface area (Å²) in [5, 5.41) is 0. The Bertz CT molecular complexity index is 393. The fourth-order valence-electron chi connectivity index (χ4n) is 1.03. The summed E-state index contributed by atoms with van der Waals surface area (Å²) in [4.78, 5) is 11.5. The molecule has 0 radical (unpaired) electrons. The first-order chi connectivity index (χ1) is 6.93. The molecule has 0 bridgehead atoms. The van der Waals surface area contributed by atoms with Crippen LogP contribution in [0.4, 0.5) is 10.1 Å². The Hall–Kier alpha value is -0.850. The van der Waals surface area contributed by atoms with Crippen molar-refractivity contribution in [2.24, 2.45) is 0 Å². The van der Waals surface area contributed by atoms with Crippen LogP contribution in [-0.2, 0) is 4.74 Å². The Kier molecular flexibility index (Phi) is 3.90. The smallest absolute Gasteiger partial charge is 0.342 e. The van der Waals surface area contributed by atoms with E-state index < -0.39 is 11.8 Å². The maximum absolute atomic E-state index is 13.4. The van der Waals surface area contributed by atoms with E-state index >= 15 is 0 Å². The van der Waals surface area contributed by atoms with Gasteiger partial charge in [-0.25, -0.2) is 9.18 Å². The van der Waals surface area contributed by atoms with E-state index in [1.165, 1.54) is 6.07 Å². The van der Waals surface area contributed by atoms with Gasteiger partial charge < -0.3 is 10.5 Å². The zero-order chi connectivity index (χ0) is 11.6. The Morgan fingerprint density at radius 2 is 2.13 bits per heavy atom. The number of hydrogen-bond donors (Lipinski definition) is 1. The predicted molar refractivity (Wildman–Crippen MR) is 64.1 cm³/mol. The third kappa shape index (κ3) is 2.80. The number of nitrogen functional groups attached to an aromatic ring is 1. The molecule has 1 aromatic rings. The first-order valence-corrected chi connectivity index (χ1v) is 5.45. The zero-order valence-corrected chi connectivity index (χ0v) is 10.5. The fourth-order valence-corrected chi connectivity index (χ4v) is 1.69. The number of esters is 1. The molecule has 0 aliphatic carbocycles. The molecule has 0 atom stereocenters. The highest BCUT2D eigenvalue weighted by Gasteiger charge is 2.19. The largest absolute Gasteiger partial charge is 0.459 e. The van der Waals surface area contributed by atoms with Crippen LogP contribution in [0.1, 0.15) is 24.2 Å². The molecule has 5 heteroatoms. The van der Waals surface area contributed by atoms with Crippen LogP contribution in [0.25, 0.3) is 0 Å². The van der Waals surface area contributed by atoms with Crippen molar-refractivity contribution in [2.75, 3.05) is 5.73 Å². The number of ether oxygens (including phenoxy) is 1. The highest BCUT2D eigenvalue weighted by molar-refractivity contribution is 14.1. The number of halogens is 2. The topological polar surface area (TPSA) is 52.3 Å². The van der Waals surface area contributed by atoms with Gasteiger partial charge in [-0.05, 0) is 48.6 Å². The lowest BCUT2D eigenvalue weighted by Crippen LogP contribution is -2.15. The quantitative estimate of drug-likeness (QED) is 0.517. The third-order valence-corrected chi connectivity index (χ3v) is 2.83. The van der Waals surface area contributed by atoms with Gasteiger partial charge in [0.05, 0.1) is 9.67 Å². The highest BCUT2D eigenvalue weighted by Crippen LogP contribution is 2.23. The summed E-state index contributed by atoms with van der Waals surface area (Å²) in [6.45, 7) is 3.41. The summed E-state index contributed by atoms with van der Waals surface area (Å²) in [6.07, 6.45) is -0.283. The molecule has 82 valence electrons. The molecule has 0 aliphatic rings. The predicted octanol–water partition coefficient (Wildman–Crippen LogP) is 2.58. The number of carbonyl (C=O) groups is 1. The van der Waals surface area contributed by atoms with Crippen LogP contribution < -0.4 is 5.73 Å². The van der Waals surface area contributed by atoms with Crippen LogP contribution in [-0.4, -0.2) is 12.1 Å². The zero-order valence-electron chi connectivity index (χ0n) is 8.38. The van der Waals surface area contributed by atoms with Gasteiger partial charge in [0.15, 0.2) is 0 Å². The molecule has 1 aromatic carbocycles. The van der Waals surface area contributed by atoms with Gasteiger partial charge in [0.2, 0.25) is 0 Å². The van der Waals surface area contributed by atoms with Crippen LogP contribution in [0.15, 0.2) is 12.1 Å². The molecule has 15 heavy (non-hydrogen) atoms. The summed E-state index contributed by atoms with van der Waals surface area (Å²) in [7, 11) is 0. The van der Waals surface area contributed by atoms with Crippen molar-refractivity contribution in [3.8, 4) is 0 Å². The van der Waals surface area contributed by atoms with Crippen molar-refractivity contribution in [3.05, 3.63) is 27.1 Å². The molecule has 0 fully saturated rings. The number of carbonyl (C=O) groups excluding carboxylic acids is 1. The van der Waals surface area contributed by atoms with Crippen molar-refractivity contribution >= 4 is 34.2 Å². The van der Waals surface area contributed by atoms with E-state index in [2.05, 4.69) is 0 Å². The Labute approximate surface area is 101 Å². The summed E-state index contributed by atoms with van der Waals surface area (Å²) in [5.74, 6) is -1.29. The van der Waals surface area contributed by atoms with E-state index in [0.29, 0.717) is 9.26 Å². The monoisotopic (exact) mass is 323 g/mol. The lowest BCUT2D eigenvalue weighted by atomic mass is 10.2. The normalized spacial score (nSPS) is 10.5. The van der Waals surface area contributed by atoms with E-state index in [0.717, 1.165) is 6.07 Å². The number of hydrogen-bond acceptors (Lipinski definition) is 3. The Balaban J connectivity index is 3.13. The van der Waals surface area contributed by atoms with Gasteiger partial charge >= 0.3 is 5.97 Å². The summed E-state index contributed by atoms with van der Waals surface area (Å²) >= 11 is 1.83. The maximum Gasteiger partial charge on any atom is 0.342 e. The molecule has 1 rings (SSSR count). The summed E-state index contributed by atoms with van der Waals surface area (Å²) in [5.41, 5.74) is 5.85. The summed E-state index contributed by atoms with van der Waals surface area (Å²) < 4.78 is 18.7. The standard InChI is InChI=1S/C10H11FINO2/c1-5(2)15-10(14)8-6(11)3-4-7(13)9(8)12/h3-5H,13H2,1-2H3. The van der Waals surface area contributed by atoms with Crippen molar-refractivity contribution in [2.45, 2.75) is 20.0 Å². The molecule has 0 amide bonds. The average molecular weight is 323 g/mol. The average Bonchev–Trinajstić information content (AvgIpc) is 2.11. The van der Waals surface area contributed by atoms with E-state index in [1.807, 2.05) is 22.6 Å². The maximum atomic E-state index is 13.4. The second kappa shape index (κ2) is 4.78. The first-order valence-electron chi connectivity index (χ1n) is 4.38. The minimum absolute atomic E-state index is 0.0932. The van der Waals surface area contributed by atoms with Crippen LogP contribution in [0, 0.1) is 9.39 Å². The number of anilines is 1. The van der Waals surface area contributed by atoms with Gasteiger partial charge in [0, 0.05) is 5.69 Å². The van der Waals surface area contributed by atoms with Gasteiger partial charge in [-0.3, -0.25) is 0 Å². The van der Waals surface area contributed by atoms with Crippen molar-refractivity contribution in [3.63, 3.8) is 0 Å². The van der Waals surface area contributed by atoms with Crippen molar-refractivity contribution in [1.29, 1.82) is 0 Å². The SMILES string of the molecule is CC(C)OC(=O)c1c(F)ccc(N)c1I. The van der Waals surface area contributed by atoms with E-state index in [9.17, 15) is 9.18 Å². The van der Waals surface area contributed by atoms with Crippen molar-refractivity contribution < 1.29 is 13.9 Å². The molecular formula is C10H11FINO2. The van der Waals surface area contributed by atoms with Crippen LogP contribution in [0.5, 0.6) is 0 Å². The molecule has 0 saturated carbocycles. The number of nitrogens with two attached hydrogens (primary N) is 1. The molecule has 0 saturated heterocycles. The molecule has 0 spiro atoms. The van der Waals surface area contributed by atoms with E-state index in [4.69, 9.17) is 10.5 Å². The van der Waals surface area contributed by atoms with Gasteiger partial charge in [-0.2, -0.15) is 0 Å². The fraction of sp³-hybridized carbons (Fsp3) is 0.300. The second-order valence-electron chi connectivity index (χ2n) is 3.28. The Morgan fingerprint density at radius 3 is 2.67 bits per heavy atom. The second-order valence-corrected chi connectivity index (χ2v) is 4.36. The molecular weight excluding hydrogens is 312 g/mol. The third-order valence-electron chi connectivity index (χ3n) is 1.67. The molecule has 0 aliphatic heterocycles. The first kappa shape index (κ1) is 12.2. The van der Waals surface area contributed by atoms with E-state index in [1.54, 1.807) is 13.8 Å². The highest BCUT2D eigenvalue weighted by atomic mass is 127. The van der Waals surface area contributed by atoms with Gasteiger partial charge in [0.1, 0.15) is 11.4 Å². The number of rotatable bonds is 2. The van der Waals surface area contributed by atoms with Gasteiger partial charge in [0.25, 0.3) is 0 Å². The molecule has 0 unspecified atom stereocenters. The summed E-state index contributed by atoms with van der Waals surface area (Å²) in [6, 6.07) is 2.58. The van der Waals surface area contributed by atoms with E-state index in [-0.39, 0.29) is 11.7 Å². The molecule has 3 nitrogen and oxygen atoms in total. The molecule has 0 heterocycles. The van der Waals surface area contributed by atoms with Crippen LogP contribution >= 0.6 is 22.6 Å². The lowest BCUT2D eigenvalue weighted by Gasteiger charge is -2.10. The minimum Gasteiger partial charge on any atom is -0.459 e. The van der Waals surface area contributed by atoms with Gasteiger partial charge in [-0.1, -0.05) is 0 Å². The number of benzene rings is 1. The minimum atomic E-state index is -0.681. The lowest BCUT2D eigenvalue weighted by molar-refractivity contribution is 0.0371. The molecule has 0 aromatic heterocycles. The van der Waals surface area contributed by atoms with Gasteiger partial charge in [-0.15, -0.1) is 0 Å².